The van der Waals surface area contributed by atoms with Gasteiger partial charge in [0.2, 0.25) is 11.6 Å². The maximum Gasteiger partial charge on any atom is 0.273 e. The summed E-state index contributed by atoms with van der Waals surface area (Å²) < 4.78 is 0. The number of fused-ring (bicyclic) bond motifs is 4. The number of benzene rings is 3. The molecule has 0 spiro atoms. The molecule has 1 heterocycles. The lowest BCUT2D eigenvalue weighted by molar-refractivity contribution is -0.385. The molecule has 4 aromatic rings. The highest BCUT2D eigenvalue weighted by molar-refractivity contribution is 6.38. The van der Waals surface area contributed by atoms with Crippen molar-refractivity contribution in [3.05, 3.63) is 110 Å². The maximum absolute atomic E-state index is 13.3. The fraction of sp³-hybridized carbons (Fsp3) is 0.111. The highest BCUT2D eigenvalue weighted by Crippen LogP contribution is 2.31. The molecule has 9 heteroatoms. The van der Waals surface area contributed by atoms with Crippen LogP contribution in [0.1, 0.15) is 48.8 Å². The van der Waals surface area contributed by atoms with Gasteiger partial charge in [0.25, 0.3) is 5.69 Å². The van der Waals surface area contributed by atoms with E-state index in [0.717, 1.165) is 0 Å². The van der Waals surface area contributed by atoms with Crippen LogP contribution in [-0.4, -0.2) is 38.0 Å². The van der Waals surface area contributed by atoms with E-state index in [1.54, 1.807) is 49.4 Å². The molecule has 1 aliphatic rings. The van der Waals surface area contributed by atoms with Crippen LogP contribution in [0.3, 0.4) is 0 Å². The number of rotatable bonds is 6. The van der Waals surface area contributed by atoms with Crippen molar-refractivity contribution in [3.8, 4) is 0 Å². The highest BCUT2D eigenvalue weighted by Gasteiger charge is 2.32. The van der Waals surface area contributed by atoms with Crippen LogP contribution in [0.2, 0.25) is 0 Å². The van der Waals surface area contributed by atoms with Gasteiger partial charge in [-0.2, -0.15) is 0 Å². The lowest BCUT2D eigenvalue weighted by Crippen LogP contribution is -2.23. The van der Waals surface area contributed by atoms with Crippen LogP contribution < -0.4 is 0 Å². The molecule has 0 N–H and O–H groups in total. The van der Waals surface area contributed by atoms with Gasteiger partial charge in [-0.15, -0.1) is 0 Å². The Bertz CT molecular complexity index is 1660. The summed E-state index contributed by atoms with van der Waals surface area (Å²) in [6, 6.07) is 15.4. The van der Waals surface area contributed by atoms with Crippen LogP contribution in [0.5, 0.6) is 0 Å². The molecule has 36 heavy (non-hydrogen) atoms. The smallest absolute Gasteiger partial charge is 0.273 e. The Morgan fingerprint density at radius 1 is 0.806 bits per heavy atom. The van der Waals surface area contributed by atoms with Gasteiger partial charge in [0, 0.05) is 34.7 Å². The zero-order valence-electron chi connectivity index (χ0n) is 19.0. The molecular weight excluding hydrogens is 462 g/mol. The number of para-hydroxylation sites is 1. The average molecular weight is 479 g/mol. The average Bonchev–Trinajstić information content (AvgIpc) is 2.87. The Balaban J connectivity index is 1.50. The van der Waals surface area contributed by atoms with Crippen molar-refractivity contribution in [2.24, 2.45) is 0 Å². The van der Waals surface area contributed by atoms with Gasteiger partial charge in [0.1, 0.15) is 5.52 Å². The van der Waals surface area contributed by atoms with Crippen molar-refractivity contribution in [1.82, 2.24) is 9.97 Å². The van der Waals surface area contributed by atoms with Gasteiger partial charge < -0.3 is 0 Å². The largest absolute Gasteiger partial charge is 0.291 e. The van der Waals surface area contributed by atoms with Crippen LogP contribution >= 0.6 is 0 Å². The van der Waals surface area contributed by atoms with Crippen molar-refractivity contribution in [2.45, 2.75) is 19.8 Å². The van der Waals surface area contributed by atoms with Gasteiger partial charge in [0.15, 0.2) is 11.6 Å². The first kappa shape index (κ1) is 22.9. The Hall–Kier alpha value is -4.92. The van der Waals surface area contributed by atoms with Crippen LogP contribution in [0.25, 0.3) is 11.0 Å². The number of nitrogens with zero attached hydrogens (tertiary/aromatic N) is 3. The molecule has 0 atom stereocenters. The van der Waals surface area contributed by atoms with Gasteiger partial charge in [-0.25, -0.2) is 9.97 Å². The van der Waals surface area contributed by atoms with Crippen molar-refractivity contribution in [1.29, 1.82) is 0 Å². The van der Waals surface area contributed by atoms with E-state index in [1.807, 2.05) is 0 Å². The first-order valence-electron chi connectivity index (χ1n) is 11.0. The summed E-state index contributed by atoms with van der Waals surface area (Å²) in [7, 11) is 0. The van der Waals surface area contributed by atoms with Gasteiger partial charge in [-0.05, 0) is 19.1 Å². The van der Waals surface area contributed by atoms with Crippen molar-refractivity contribution >= 4 is 39.9 Å². The monoisotopic (exact) mass is 479 g/mol. The quantitative estimate of drug-likeness (QED) is 0.205. The number of carbonyl (C=O) groups is 4. The second kappa shape index (κ2) is 8.70. The minimum atomic E-state index is -0.805. The number of hydrogen-bond donors (Lipinski definition) is 0. The normalized spacial score (nSPS) is 12.2. The molecular formula is C27H17N3O6. The van der Waals surface area contributed by atoms with Crippen LogP contribution in [0.15, 0.2) is 60.7 Å². The third-order valence-electron chi connectivity index (χ3n) is 6.18. The molecule has 0 unspecified atom stereocenters. The molecule has 176 valence electrons. The second-order valence-corrected chi connectivity index (χ2v) is 8.40. The fourth-order valence-electron chi connectivity index (χ4n) is 4.35. The van der Waals surface area contributed by atoms with E-state index in [1.165, 1.54) is 18.2 Å². The van der Waals surface area contributed by atoms with E-state index < -0.39 is 29.3 Å². The lowest BCUT2D eigenvalue weighted by atomic mass is 9.83. The predicted octanol–water partition coefficient (Wildman–Crippen LogP) is 3.55. The van der Waals surface area contributed by atoms with Crippen LogP contribution in [0, 0.1) is 17.0 Å². The molecule has 5 rings (SSSR count). The van der Waals surface area contributed by atoms with Gasteiger partial charge in [-0.1, -0.05) is 42.5 Å². The van der Waals surface area contributed by atoms with E-state index in [0.29, 0.717) is 16.8 Å². The summed E-state index contributed by atoms with van der Waals surface area (Å²) in [6.07, 6.45) is -0.814. The molecule has 0 saturated carbocycles. The Kier molecular flexibility index (Phi) is 5.52. The zero-order chi connectivity index (χ0) is 25.6. The van der Waals surface area contributed by atoms with E-state index in [4.69, 9.17) is 0 Å². The van der Waals surface area contributed by atoms with E-state index in [-0.39, 0.29) is 50.7 Å². The summed E-state index contributed by atoms with van der Waals surface area (Å²) in [4.78, 5) is 71.2. The molecule has 0 saturated heterocycles. The number of carbonyl (C=O) groups excluding carboxylic acids is 4. The van der Waals surface area contributed by atoms with E-state index >= 15 is 0 Å². The van der Waals surface area contributed by atoms with Crippen molar-refractivity contribution < 1.29 is 24.1 Å². The standard InChI is InChI=1S/C27H17N3O6/c1-14-20(13-23(32)22(31)12-15-6-2-5-9-21(15)30(35)36)29-25-19(28-14)11-10-18-24(25)27(34)17-8-4-3-7-16(17)26(18)33/h2-11H,12-13H2,1H3. The summed E-state index contributed by atoms with van der Waals surface area (Å²) in [5.41, 5.74) is 1.94. The first-order valence-corrected chi connectivity index (χ1v) is 11.0. The van der Waals surface area contributed by atoms with Gasteiger partial charge in [0.05, 0.1) is 33.8 Å². The number of aryl methyl sites for hydroxylation is 1. The van der Waals surface area contributed by atoms with Crippen molar-refractivity contribution in [2.75, 3.05) is 0 Å². The molecule has 0 bridgehead atoms. The summed E-state index contributed by atoms with van der Waals surface area (Å²) in [5, 5.41) is 11.2. The number of nitro benzene ring substituents is 1. The number of ketones is 4. The van der Waals surface area contributed by atoms with Crippen LogP contribution in [0.4, 0.5) is 5.69 Å². The third-order valence-corrected chi connectivity index (χ3v) is 6.18. The number of nitro groups is 1. The molecule has 0 amide bonds. The molecule has 9 nitrogen and oxygen atoms in total. The Morgan fingerprint density at radius 2 is 1.44 bits per heavy atom. The summed E-state index contributed by atoms with van der Waals surface area (Å²) in [5.74, 6) is -2.27. The summed E-state index contributed by atoms with van der Waals surface area (Å²) >= 11 is 0. The minimum Gasteiger partial charge on any atom is -0.291 e. The molecule has 1 aliphatic carbocycles. The third kappa shape index (κ3) is 3.76. The Labute approximate surface area is 204 Å². The zero-order valence-corrected chi connectivity index (χ0v) is 19.0. The van der Waals surface area contributed by atoms with E-state index in [9.17, 15) is 29.3 Å². The molecule has 0 fully saturated rings. The van der Waals surface area contributed by atoms with Gasteiger partial charge in [-0.3, -0.25) is 29.3 Å². The Morgan fingerprint density at radius 3 is 2.17 bits per heavy atom. The topological polar surface area (TPSA) is 137 Å². The molecule has 3 aromatic carbocycles. The number of aromatic nitrogens is 2. The van der Waals surface area contributed by atoms with Crippen LogP contribution in [-0.2, 0) is 22.4 Å². The molecule has 0 radical (unpaired) electrons. The maximum atomic E-state index is 13.3. The number of Topliss-reactive ketones (excluding diaryl/α,β-unsaturated/α-hetero) is 2. The first-order chi connectivity index (χ1) is 17.3. The van der Waals surface area contributed by atoms with E-state index in [2.05, 4.69) is 9.97 Å². The minimum absolute atomic E-state index is 0.114. The second-order valence-electron chi connectivity index (χ2n) is 8.40. The number of hydrogen-bond acceptors (Lipinski definition) is 8. The SMILES string of the molecule is Cc1nc2ccc3c(c2nc1CC(=O)C(=O)Cc1ccccc1[N+](=O)[O-])C(=O)c1ccccc1C3=O. The lowest BCUT2D eigenvalue weighted by Gasteiger charge is -2.19. The molecule has 1 aromatic heterocycles. The van der Waals surface area contributed by atoms with Gasteiger partial charge >= 0.3 is 0 Å². The highest BCUT2D eigenvalue weighted by atomic mass is 16.6. The van der Waals surface area contributed by atoms with Crippen molar-refractivity contribution in [3.63, 3.8) is 0 Å². The predicted molar refractivity (Wildman–Crippen MR) is 128 cm³/mol. The molecule has 0 aliphatic heterocycles. The fourth-order valence-corrected chi connectivity index (χ4v) is 4.35. The summed E-state index contributed by atoms with van der Waals surface area (Å²) in [6.45, 7) is 1.63.